The first-order chi connectivity index (χ1) is 5.85. The third kappa shape index (κ3) is 1.49. The van der Waals surface area contributed by atoms with E-state index in [2.05, 4.69) is 4.90 Å². The molecule has 0 unspecified atom stereocenters. The van der Waals surface area contributed by atoms with E-state index in [9.17, 15) is 0 Å². The number of aliphatic hydroxyl groups is 1. The molecule has 3 heteroatoms. The third-order valence-electron chi connectivity index (χ3n) is 3.46. The Morgan fingerprint density at radius 3 is 2.17 bits per heavy atom. The number of hydrogen-bond donors (Lipinski definition) is 1. The van der Waals surface area contributed by atoms with Gasteiger partial charge in [0.1, 0.15) is 0 Å². The molecule has 0 aliphatic carbocycles. The molecule has 0 spiro atoms. The molecule has 3 rings (SSSR count). The zero-order valence-electron chi connectivity index (χ0n) is 7.71. The highest BCUT2D eigenvalue weighted by molar-refractivity contribution is 4.70. The van der Waals surface area contributed by atoms with Crippen LogP contribution in [0.1, 0.15) is 6.42 Å². The summed E-state index contributed by atoms with van der Waals surface area (Å²) >= 11 is 0. The van der Waals surface area contributed by atoms with Crippen LogP contribution in [0.3, 0.4) is 0 Å². The molecular weight excluding hydrogens is 152 g/mol. The third-order valence-corrected chi connectivity index (χ3v) is 3.46. The van der Waals surface area contributed by atoms with Crippen molar-refractivity contribution in [3.8, 4) is 0 Å². The Morgan fingerprint density at radius 2 is 1.67 bits per heavy atom. The van der Waals surface area contributed by atoms with Crippen LogP contribution in [0.25, 0.3) is 0 Å². The van der Waals surface area contributed by atoms with Gasteiger partial charge in [0.25, 0.3) is 0 Å². The normalized spacial score (nSPS) is 40.2. The molecule has 0 saturated carbocycles. The molecule has 0 aromatic rings. The molecule has 3 saturated heterocycles. The van der Waals surface area contributed by atoms with Gasteiger partial charge in [-0.2, -0.15) is 0 Å². The van der Waals surface area contributed by atoms with Gasteiger partial charge in [-0.15, -0.1) is 0 Å². The van der Waals surface area contributed by atoms with E-state index in [1.807, 2.05) is 0 Å². The van der Waals surface area contributed by atoms with Crippen molar-refractivity contribution in [2.24, 2.45) is 0 Å². The Morgan fingerprint density at radius 1 is 1.08 bits per heavy atom. The van der Waals surface area contributed by atoms with Crippen molar-refractivity contribution in [2.45, 2.75) is 6.42 Å². The van der Waals surface area contributed by atoms with Crippen LogP contribution < -0.4 is 0 Å². The van der Waals surface area contributed by atoms with Crippen LogP contribution in [0.2, 0.25) is 0 Å². The predicted octanol–water partition coefficient (Wildman–Crippen LogP) is -0.485. The number of quaternary nitrogens is 1. The molecule has 3 fully saturated rings. The fourth-order valence-electron chi connectivity index (χ4n) is 2.47. The number of rotatable bonds is 3. The van der Waals surface area contributed by atoms with Crippen molar-refractivity contribution in [2.75, 3.05) is 52.4 Å². The summed E-state index contributed by atoms with van der Waals surface area (Å²) in [4.78, 5) is 2.55. The average molecular weight is 171 g/mol. The minimum atomic E-state index is 0.365. The maximum atomic E-state index is 8.80. The van der Waals surface area contributed by atoms with E-state index in [0.29, 0.717) is 6.61 Å². The fourth-order valence-corrected chi connectivity index (χ4v) is 2.47. The first-order valence-electron chi connectivity index (χ1n) is 5.03. The molecule has 2 bridgehead atoms. The predicted molar refractivity (Wildman–Crippen MR) is 47.9 cm³/mol. The molecule has 0 amide bonds. The van der Waals surface area contributed by atoms with Gasteiger partial charge in [0, 0.05) is 32.7 Å². The molecule has 3 aliphatic heterocycles. The van der Waals surface area contributed by atoms with Crippen LogP contribution in [0.5, 0.6) is 0 Å². The summed E-state index contributed by atoms with van der Waals surface area (Å²) in [5.41, 5.74) is 0. The van der Waals surface area contributed by atoms with E-state index in [1.54, 1.807) is 0 Å². The minimum Gasteiger partial charge on any atom is -0.396 e. The van der Waals surface area contributed by atoms with E-state index in [-0.39, 0.29) is 0 Å². The van der Waals surface area contributed by atoms with E-state index >= 15 is 0 Å². The quantitative estimate of drug-likeness (QED) is 0.580. The Balaban J connectivity index is 1.90. The molecule has 3 heterocycles. The number of aliphatic hydroxyl groups excluding tert-OH is 1. The van der Waals surface area contributed by atoms with Gasteiger partial charge in [0.2, 0.25) is 0 Å². The van der Waals surface area contributed by atoms with Crippen LogP contribution in [-0.4, -0.2) is 66.9 Å². The number of fused-ring (bicyclic) bond motifs is 3. The number of piperazine rings is 3. The van der Waals surface area contributed by atoms with Crippen LogP contribution in [-0.2, 0) is 0 Å². The Hall–Kier alpha value is -0.120. The van der Waals surface area contributed by atoms with Gasteiger partial charge in [0.15, 0.2) is 0 Å². The van der Waals surface area contributed by atoms with E-state index < -0.39 is 0 Å². The van der Waals surface area contributed by atoms with E-state index in [0.717, 1.165) is 6.42 Å². The van der Waals surface area contributed by atoms with Gasteiger partial charge in [-0.25, -0.2) is 0 Å². The van der Waals surface area contributed by atoms with Gasteiger partial charge in [-0.05, 0) is 0 Å². The monoisotopic (exact) mass is 171 g/mol. The molecule has 3 nitrogen and oxygen atoms in total. The van der Waals surface area contributed by atoms with Crippen molar-refractivity contribution in [1.29, 1.82) is 0 Å². The summed E-state index contributed by atoms with van der Waals surface area (Å²) in [6.45, 7) is 9.37. The highest BCUT2D eigenvalue weighted by Crippen LogP contribution is 2.19. The van der Waals surface area contributed by atoms with Gasteiger partial charge in [-0.1, -0.05) is 0 Å². The van der Waals surface area contributed by atoms with E-state index in [4.69, 9.17) is 5.11 Å². The second kappa shape index (κ2) is 3.32. The van der Waals surface area contributed by atoms with Gasteiger partial charge >= 0.3 is 0 Å². The fraction of sp³-hybridized carbons (Fsp3) is 1.00. The zero-order valence-corrected chi connectivity index (χ0v) is 7.71. The molecular formula is C9H19N2O+. The maximum Gasteiger partial charge on any atom is 0.0916 e. The summed E-state index contributed by atoms with van der Waals surface area (Å²) in [6.07, 6.45) is 0.986. The Bertz CT molecular complexity index is 139. The van der Waals surface area contributed by atoms with Crippen molar-refractivity contribution in [1.82, 2.24) is 4.90 Å². The van der Waals surface area contributed by atoms with Gasteiger partial charge < -0.3 is 9.59 Å². The molecule has 12 heavy (non-hydrogen) atoms. The highest BCUT2D eigenvalue weighted by atomic mass is 16.3. The standard InChI is InChI=1S/C9H19N2O/c12-9-1-5-11-6-2-10(3-7-11)4-8-11/h12H,1-9H2/q+1. The number of hydrogen-bond acceptors (Lipinski definition) is 2. The zero-order chi connectivity index (χ0) is 8.44. The molecule has 0 atom stereocenters. The lowest BCUT2D eigenvalue weighted by molar-refractivity contribution is -0.941. The first kappa shape index (κ1) is 8.48. The molecule has 0 aromatic carbocycles. The average Bonchev–Trinajstić information content (AvgIpc) is 2.18. The molecule has 0 aromatic heterocycles. The van der Waals surface area contributed by atoms with Gasteiger partial charge in [0.05, 0.1) is 26.2 Å². The van der Waals surface area contributed by atoms with Gasteiger partial charge in [-0.3, -0.25) is 4.90 Å². The SMILES string of the molecule is OCCC[N+]12CCN(CC1)CC2. The summed E-state index contributed by atoms with van der Waals surface area (Å²) < 4.78 is 1.29. The topological polar surface area (TPSA) is 23.5 Å². The van der Waals surface area contributed by atoms with Crippen LogP contribution in [0.15, 0.2) is 0 Å². The minimum absolute atomic E-state index is 0.365. The smallest absolute Gasteiger partial charge is 0.0916 e. The molecule has 1 N–H and O–H groups in total. The summed E-state index contributed by atoms with van der Waals surface area (Å²) in [5.74, 6) is 0. The highest BCUT2D eigenvalue weighted by Gasteiger charge is 2.37. The maximum absolute atomic E-state index is 8.80. The summed E-state index contributed by atoms with van der Waals surface area (Å²) in [7, 11) is 0. The van der Waals surface area contributed by atoms with E-state index in [1.165, 1.54) is 50.3 Å². The second-order valence-corrected chi connectivity index (χ2v) is 4.15. The first-order valence-corrected chi connectivity index (χ1v) is 5.03. The van der Waals surface area contributed by atoms with Crippen LogP contribution >= 0.6 is 0 Å². The lowest BCUT2D eigenvalue weighted by Crippen LogP contribution is -2.67. The van der Waals surface area contributed by atoms with Crippen molar-refractivity contribution >= 4 is 0 Å². The second-order valence-electron chi connectivity index (χ2n) is 4.15. The Labute approximate surface area is 74.2 Å². The van der Waals surface area contributed by atoms with Crippen LogP contribution in [0, 0.1) is 0 Å². The van der Waals surface area contributed by atoms with Crippen molar-refractivity contribution in [3.63, 3.8) is 0 Å². The summed E-state index contributed by atoms with van der Waals surface area (Å²) in [6, 6.07) is 0. The largest absolute Gasteiger partial charge is 0.396 e. The molecule has 0 radical (unpaired) electrons. The van der Waals surface area contributed by atoms with Crippen LogP contribution in [0.4, 0.5) is 0 Å². The molecule has 70 valence electrons. The molecule has 3 aliphatic rings. The Kier molecular flexibility index (Phi) is 2.35. The number of nitrogens with zero attached hydrogens (tertiary/aromatic N) is 2. The van der Waals surface area contributed by atoms with Crippen molar-refractivity contribution in [3.05, 3.63) is 0 Å². The lowest BCUT2D eigenvalue weighted by atomic mass is 10.1. The summed E-state index contributed by atoms with van der Waals surface area (Å²) in [5, 5.41) is 8.80. The van der Waals surface area contributed by atoms with Crippen molar-refractivity contribution < 1.29 is 9.59 Å². The lowest BCUT2D eigenvalue weighted by Gasteiger charge is -2.50.